The molecule has 2 heterocycles. The maximum Gasteiger partial charge on any atom is 0.327 e. The van der Waals surface area contributed by atoms with Crippen molar-refractivity contribution in [2.75, 3.05) is 25.7 Å². The number of ether oxygens (including phenoxy) is 2. The first-order valence-corrected chi connectivity index (χ1v) is 12.5. The van der Waals surface area contributed by atoms with Gasteiger partial charge in [-0.05, 0) is 36.8 Å². The zero-order valence-corrected chi connectivity index (χ0v) is 19.6. The van der Waals surface area contributed by atoms with Crippen molar-refractivity contribution in [2.45, 2.75) is 13.0 Å². The number of halogens is 1. The summed E-state index contributed by atoms with van der Waals surface area (Å²) >= 11 is 0. The first kappa shape index (κ1) is 23.4. The van der Waals surface area contributed by atoms with E-state index < -0.39 is 27.4 Å². The van der Waals surface area contributed by atoms with Crippen LogP contribution in [0.1, 0.15) is 18.5 Å². The molecule has 0 bridgehead atoms. The number of methoxy groups -OCH3 is 1. The van der Waals surface area contributed by atoms with Gasteiger partial charge in [0.2, 0.25) is 0 Å². The third-order valence-electron chi connectivity index (χ3n) is 5.26. The SMILES string of the molecule is CCOc1cc([C@H](CS(C)(=O)=O)n2c(=O)[nH]c3c(-c4ncc(F)cn4)cccc32)ccc1OC. The van der Waals surface area contributed by atoms with Gasteiger partial charge >= 0.3 is 5.69 Å². The lowest BCUT2D eigenvalue weighted by Crippen LogP contribution is -2.28. The molecule has 34 heavy (non-hydrogen) atoms. The van der Waals surface area contributed by atoms with E-state index in [1.807, 2.05) is 6.92 Å². The molecule has 4 rings (SSSR count). The van der Waals surface area contributed by atoms with E-state index in [4.69, 9.17) is 9.47 Å². The minimum atomic E-state index is -3.50. The lowest BCUT2D eigenvalue weighted by atomic mass is 10.1. The standard InChI is InChI=1S/C23H23FN4O5S/c1-4-33-20-10-14(8-9-19(20)32-2)18(13-34(3,30)31)28-17-7-5-6-16(21(17)27-23(28)29)22-25-11-15(24)12-26-22/h5-12,18H,4,13H2,1-3H3,(H,27,29)/t18-/m0/s1. The maximum atomic E-state index is 13.3. The van der Waals surface area contributed by atoms with Crippen LogP contribution in [0.15, 0.2) is 53.6 Å². The smallest absolute Gasteiger partial charge is 0.327 e. The molecular weight excluding hydrogens is 463 g/mol. The van der Waals surface area contributed by atoms with Gasteiger partial charge in [-0.25, -0.2) is 27.6 Å². The summed E-state index contributed by atoms with van der Waals surface area (Å²) in [4.78, 5) is 24.0. The average Bonchev–Trinajstić information content (AvgIpc) is 3.13. The number of hydrogen-bond donors (Lipinski definition) is 1. The number of para-hydroxylation sites is 1. The Morgan fingerprint density at radius 3 is 2.53 bits per heavy atom. The molecule has 2 aromatic heterocycles. The van der Waals surface area contributed by atoms with Crippen LogP contribution >= 0.6 is 0 Å². The Morgan fingerprint density at radius 1 is 1.15 bits per heavy atom. The van der Waals surface area contributed by atoms with Crippen LogP contribution < -0.4 is 15.2 Å². The quantitative estimate of drug-likeness (QED) is 0.407. The largest absolute Gasteiger partial charge is 0.493 e. The molecule has 178 valence electrons. The van der Waals surface area contributed by atoms with E-state index >= 15 is 0 Å². The van der Waals surface area contributed by atoms with Gasteiger partial charge in [0.05, 0.1) is 48.9 Å². The molecule has 1 atom stereocenters. The van der Waals surface area contributed by atoms with E-state index in [1.54, 1.807) is 36.4 Å². The van der Waals surface area contributed by atoms with Gasteiger partial charge < -0.3 is 14.5 Å². The van der Waals surface area contributed by atoms with Gasteiger partial charge in [0.1, 0.15) is 9.84 Å². The molecule has 11 heteroatoms. The Morgan fingerprint density at radius 2 is 1.88 bits per heavy atom. The summed E-state index contributed by atoms with van der Waals surface area (Å²) in [6, 6.07) is 9.29. The number of fused-ring (bicyclic) bond motifs is 1. The van der Waals surface area contributed by atoms with E-state index in [2.05, 4.69) is 15.0 Å². The maximum absolute atomic E-state index is 13.3. The van der Waals surface area contributed by atoms with Crippen LogP contribution in [-0.4, -0.2) is 53.7 Å². The van der Waals surface area contributed by atoms with Gasteiger partial charge in [-0.3, -0.25) is 4.57 Å². The molecule has 0 aliphatic carbocycles. The van der Waals surface area contributed by atoms with Gasteiger partial charge in [-0.1, -0.05) is 12.1 Å². The normalized spacial score (nSPS) is 12.6. The van der Waals surface area contributed by atoms with Gasteiger partial charge in [0, 0.05) is 11.8 Å². The molecule has 0 unspecified atom stereocenters. The monoisotopic (exact) mass is 486 g/mol. The zero-order chi connectivity index (χ0) is 24.5. The third-order valence-corrected chi connectivity index (χ3v) is 6.18. The fourth-order valence-corrected chi connectivity index (χ4v) is 4.79. The van der Waals surface area contributed by atoms with Gasteiger partial charge in [-0.15, -0.1) is 0 Å². The molecule has 0 saturated carbocycles. The van der Waals surface area contributed by atoms with Crippen LogP contribution in [0.3, 0.4) is 0 Å². The molecule has 1 N–H and O–H groups in total. The molecule has 0 saturated heterocycles. The molecule has 2 aromatic carbocycles. The van der Waals surface area contributed by atoms with E-state index in [9.17, 15) is 17.6 Å². The molecule has 0 radical (unpaired) electrons. The number of aromatic nitrogens is 4. The van der Waals surface area contributed by atoms with Crippen molar-refractivity contribution in [3.05, 3.63) is 70.7 Å². The number of rotatable bonds is 8. The number of hydrogen-bond acceptors (Lipinski definition) is 7. The third kappa shape index (κ3) is 4.65. The molecule has 0 spiro atoms. The summed E-state index contributed by atoms with van der Waals surface area (Å²) in [5, 5.41) is 0. The highest BCUT2D eigenvalue weighted by atomic mass is 32.2. The Balaban J connectivity index is 1.94. The van der Waals surface area contributed by atoms with Crippen molar-refractivity contribution in [3.8, 4) is 22.9 Å². The second-order valence-corrected chi connectivity index (χ2v) is 9.86. The highest BCUT2D eigenvalue weighted by molar-refractivity contribution is 7.90. The number of aromatic amines is 1. The van der Waals surface area contributed by atoms with Crippen LogP contribution in [0.25, 0.3) is 22.4 Å². The number of sulfone groups is 1. The van der Waals surface area contributed by atoms with Crippen molar-refractivity contribution in [3.63, 3.8) is 0 Å². The Bertz CT molecular complexity index is 1500. The van der Waals surface area contributed by atoms with Gasteiger partial charge in [0.15, 0.2) is 23.1 Å². The van der Waals surface area contributed by atoms with E-state index in [1.165, 1.54) is 11.7 Å². The first-order valence-electron chi connectivity index (χ1n) is 10.4. The minimum Gasteiger partial charge on any atom is -0.493 e. The highest BCUT2D eigenvalue weighted by Gasteiger charge is 2.26. The zero-order valence-electron chi connectivity index (χ0n) is 18.8. The molecule has 0 aliphatic heterocycles. The summed E-state index contributed by atoms with van der Waals surface area (Å²) in [7, 11) is -1.99. The van der Waals surface area contributed by atoms with E-state index in [0.717, 1.165) is 18.6 Å². The van der Waals surface area contributed by atoms with Crippen LogP contribution in [0.5, 0.6) is 11.5 Å². The summed E-state index contributed by atoms with van der Waals surface area (Å²) < 4.78 is 50.4. The fourth-order valence-electron chi connectivity index (χ4n) is 3.87. The molecule has 0 amide bonds. The molecular formula is C23H23FN4O5S. The van der Waals surface area contributed by atoms with Crippen molar-refractivity contribution < 1.29 is 22.3 Å². The lowest BCUT2D eigenvalue weighted by molar-refractivity contribution is 0.310. The van der Waals surface area contributed by atoms with Crippen molar-refractivity contribution in [1.82, 2.24) is 19.5 Å². The van der Waals surface area contributed by atoms with Crippen molar-refractivity contribution in [1.29, 1.82) is 0 Å². The fraction of sp³-hybridized carbons (Fsp3) is 0.261. The number of nitrogens with zero attached hydrogens (tertiary/aromatic N) is 3. The molecule has 4 aromatic rings. The Hall–Kier alpha value is -3.73. The molecule has 0 aliphatic rings. The van der Waals surface area contributed by atoms with Crippen LogP contribution in [0, 0.1) is 5.82 Å². The van der Waals surface area contributed by atoms with Crippen LogP contribution in [-0.2, 0) is 9.84 Å². The van der Waals surface area contributed by atoms with E-state index in [-0.39, 0.29) is 11.6 Å². The number of nitrogens with one attached hydrogen (secondary N) is 1. The molecule has 9 nitrogen and oxygen atoms in total. The van der Waals surface area contributed by atoms with Gasteiger partial charge in [-0.2, -0.15) is 0 Å². The summed E-state index contributed by atoms with van der Waals surface area (Å²) in [5.74, 6) is 0.248. The number of benzene rings is 2. The predicted molar refractivity (Wildman–Crippen MR) is 126 cm³/mol. The summed E-state index contributed by atoms with van der Waals surface area (Å²) in [6.07, 6.45) is 3.19. The highest BCUT2D eigenvalue weighted by Crippen LogP contribution is 2.34. The van der Waals surface area contributed by atoms with Crippen LogP contribution in [0.4, 0.5) is 4.39 Å². The minimum absolute atomic E-state index is 0.225. The Labute approximate surface area is 195 Å². The Kier molecular flexibility index (Phi) is 6.38. The number of H-pyrrole nitrogens is 1. The topological polar surface area (TPSA) is 116 Å². The molecule has 0 fully saturated rings. The second-order valence-electron chi connectivity index (χ2n) is 7.68. The number of imidazole rings is 1. The van der Waals surface area contributed by atoms with Gasteiger partial charge in [0.25, 0.3) is 0 Å². The second kappa shape index (κ2) is 9.26. The van der Waals surface area contributed by atoms with Crippen molar-refractivity contribution >= 4 is 20.9 Å². The summed E-state index contributed by atoms with van der Waals surface area (Å²) in [6.45, 7) is 2.20. The lowest BCUT2D eigenvalue weighted by Gasteiger charge is -2.20. The van der Waals surface area contributed by atoms with E-state index in [0.29, 0.717) is 40.3 Å². The van der Waals surface area contributed by atoms with Crippen LogP contribution in [0.2, 0.25) is 0 Å². The predicted octanol–water partition coefficient (Wildman–Crippen LogP) is 2.97. The van der Waals surface area contributed by atoms with Crippen molar-refractivity contribution in [2.24, 2.45) is 0 Å². The summed E-state index contributed by atoms with van der Waals surface area (Å²) in [5.41, 5.74) is 1.40. The average molecular weight is 487 g/mol. The first-order chi connectivity index (χ1) is 16.2.